The highest BCUT2D eigenvalue weighted by atomic mass is 127. The third-order valence-corrected chi connectivity index (χ3v) is 6.02. The van der Waals surface area contributed by atoms with Crippen molar-refractivity contribution in [2.45, 2.75) is 31.3 Å². The maximum Gasteiger partial charge on any atom is 0.191 e. The van der Waals surface area contributed by atoms with E-state index in [1.807, 2.05) is 7.05 Å². The third kappa shape index (κ3) is 6.18. The van der Waals surface area contributed by atoms with Crippen molar-refractivity contribution in [3.8, 4) is 0 Å². The Hall–Kier alpha value is -1.64. The minimum Gasteiger partial charge on any atom is -0.379 e. The zero-order valence-corrected chi connectivity index (χ0v) is 20.1. The fraction of sp³-hybridized carbons (Fsp3) is 0.458. The van der Waals surface area contributed by atoms with E-state index in [1.54, 1.807) is 0 Å². The third-order valence-electron chi connectivity index (χ3n) is 6.02. The number of rotatable bonds is 7. The van der Waals surface area contributed by atoms with Crippen molar-refractivity contribution in [3.05, 3.63) is 71.3 Å². The molecular weight excluding hydrogens is 487 g/mol. The van der Waals surface area contributed by atoms with Gasteiger partial charge in [-0.1, -0.05) is 54.6 Å². The number of hydrogen-bond acceptors (Lipinski definition) is 3. The van der Waals surface area contributed by atoms with E-state index in [0.29, 0.717) is 0 Å². The van der Waals surface area contributed by atoms with Crippen molar-refractivity contribution < 1.29 is 4.74 Å². The molecule has 6 heteroatoms. The summed E-state index contributed by atoms with van der Waals surface area (Å²) in [5, 5.41) is 7.01. The van der Waals surface area contributed by atoms with E-state index in [1.165, 1.54) is 29.5 Å². The Labute approximate surface area is 197 Å². The predicted molar refractivity (Wildman–Crippen MR) is 134 cm³/mol. The summed E-state index contributed by atoms with van der Waals surface area (Å²) in [7, 11) is 1.84. The monoisotopic (exact) mass is 520 g/mol. The lowest BCUT2D eigenvalue weighted by Crippen LogP contribution is -2.40. The Kier molecular flexibility index (Phi) is 8.53. The number of hydrogen-bond donors (Lipinski definition) is 2. The lowest BCUT2D eigenvalue weighted by Gasteiger charge is -2.26. The second-order valence-electron chi connectivity index (χ2n) is 8.13. The molecule has 2 aliphatic rings. The molecule has 2 aromatic rings. The van der Waals surface area contributed by atoms with E-state index in [9.17, 15) is 0 Å². The molecule has 0 amide bonds. The molecule has 2 aromatic carbocycles. The van der Waals surface area contributed by atoms with E-state index >= 15 is 0 Å². The average molecular weight is 520 g/mol. The van der Waals surface area contributed by atoms with Gasteiger partial charge in [0.1, 0.15) is 0 Å². The quantitative estimate of drug-likeness (QED) is 0.333. The normalized spacial score (nSPS) is 18.4. The van der Waals surface area contributed by atoms with Crippen molar-refractivity contribution in [2.75, 3.05) is 39.9 Å². The molecule has 0 unspecified atom stereocenters. The van der Waals surface area contributed by atoms with E-state index in [4.69, 9.17) is 4.74 Å². The first kappa shape index (κ1) is 23.0. The summed E-state index contributed by atoms with van der Waals surface area (Å²) in [5.74, 6) is 0.866. The summed E-state index contributed by atoms with van der Waals surface area (Å²) < 4.78 is 5.45. The van der Waals surface area contributed by atoms with Crippen LogP contribution in [0.2, 0.25) is 0 Å². The number of halogens is 1. The lowest BCUT2D eigenvalue weighted by molar-refractivity contribution is 0.0342. The lowest BCUT2D eigenvalue weighted by atomic mass is 9.96. The molecule has 0 atom stereocenters. The van der Waals surface area contributed by atoms with Crippen LogP contribution in [0.4, 0.5) is 0 Å². The first-order valence-corrected chi connectivity index (χ1v) is 10.7. The molecule has 30 heavy (non-hydrogen) atoms. The van der Waals surface area contributed by atoms with E-state index in [-0.39, 0.29) is 29.4 Å². The molecule has 0 aromatic heterocycles. The number of aliphatic imine (C=N–C) groups is 1. The number of morpholine rings is 1. The molecule has 1 aliphatic heterocycles. The second kappa shape index (κ2) is 11.1. The molecule has 1 saturated heterocycles. The number of benzene rings is 2. The van der Waals surface area contributed by atoms with Gasteiger partial charge in [-0.05, 0) is 29.5 Å². The van der Waals surface area contributed by atoms with Gasteiger partial charge in [0.25, 0.3) is 0 Å². The van der Waals surface area contributed by atoms with Crippen LogP contribution in [-0.2, 0) is 23.2 Å². The largest absolute Gasteiger partial charge is 0.379 e. The van der Waals surface area contributed by atoms with Crippen molar-refractivity contribution in [2.24, 2.45) is 4.99 Å². The van der Waals surface area contributed by atoms with Gasteiger partial charge in [0.2, 0.25) is 0 Å². The second-order valence-corrected chi connectivity index (χ2v) is 8.13. The SMILES string of the molecule is CN=C(NCc1cccc(CN2CCOCC2)c1)NCC1(c2ccccc2)CC1.I. The zero-order chi connectivity index (χ0) is 19.9. The fourth-order valence-corrected chi connectivity index (χ4v) is 4.02. The Balaban J connectivity index is 0.00000256. The van der Waals surface area contributed by atoms with Crippen LogP contribution < -0.4 is 10.6 Å². The maximum absolute atomic E-state index is 5.45. The molecule has 0 bridgehead atoms. The zero-order valence-electron chi connectivity index (χ0n) is 17.8. The summed E-state index contributed by atoms with van der Waals surface area (Å²) in [5.41, 5.74) is 4.34. The minimum absolute atomic E-state index is 0. The summed E-state index contributed by atoms with van der Waals surface area (Å²) in [6.45, 7) is 6.40. The molecule has 162 valence electrons. The average Bonchev–Trinajstić information content (AvgIpc) is 3.57. The molecule has 0 spiro atoms. The highest BCUT2D eigenvalue weighted by molar-refractivity contribution is 14.0. The molecule has 0 radical (unpaired) electrons. The van der Waals surface area contributed by atoms with Crippen molar-refractivity contribution in [3.63, 3.8) is 0 Å². The number of ether oxygens (including phenoxy) is 1. The fourth-order valence-electron chi connectivity index (χ4n) is 4.02. The summed E-state index contributed by atoms with van der Waals surface area (Å²) in [4.78, 5) is 6.87. The molecule has 1 heterocycles. The van der Waals surface area contributed by atoms with Crippen LogP contribution in [-0.4, -0.2) is 50.8 Å². The molecule has 1 aliphatic carbocycles. The number of nitrogens with zero attached hydrogens (tertiary/aromatic N) is 2. The van der Waals surface area contributed by atoms with Gasteiger partial charge in [-0.3, -0.25) is 9.89 Å². The topological polar surface area (TPSA) is 48.9 Å². The molecular formula is C24H33IN4O. The molecule has 4 rings (SSSR count). The van der Waals surface area contributed by atoms with Crippen LogP contribution in [0.25, 0.3) is 0 Å². The Morgan fingerprint density at radius 1 is 1.00 bits per heavy atom. The first-order chi connectivity index (χ1) is 14.3. The van der Waals surface area contributed by atoms with Crippen LogP contribution in [0.3, 0.4) is 0 Å². The smallest absolute Gasteiger partial charge is 0.191 e. The molecule has 1 saturated carbocycles. The van der Waals surface area contributed by atoms with Gasteiger partial charge < -0.3 is 15.4 Å². The van der Waals surface area contributed by atoms with Crippen LogP contribution in [0.15, 0.2) is 59.6 Å². The van der Waals surface area contributed by atoms with E-state index in [2.05, 4.69) is 75.1 Å². The summed E-state index contributed by atoms with van der Waals surface area (Å²) >= 11 is 0. The summed E-state index contributed by atoms with van der Waals surface area (Å²) in [6.07, 6.45) is 2.48. The van der Waals surface area contributed by atoms with Crippen molar-refractivity contribution in [1.82, 2.24) is 15.5 Å². The van der Waals surface area contributed by atoms with Crippen LogP contribution in [0, 0.1) is 0 Å². The number of guanidine groups is 1. The van der Waals surface area contributed by atoms with Crippen molar-refractivity contribution >= 4 is 29.9 Å². The van der Waals surface area contributed by atoms with Crippen LogP contribution in [0.5, 0.6) is 0 Å². The highest BCUT2D eigenvalue weighted by Gasteiger charge is 2.43. The van der Waals surface area contributed by atoms with Crippen LogP contribution in [0.1, 0.15) is 29.5 Å². The van der Waals surface area contributed by atoms with Crippen molar-refractivity contribution in [1.29, 1.82) is 0 Å². The Morgan fingerprint density at radius 3 is 2.43 bits per heavy atom. The molecule has 2 fully saturated rings. The number of nitrogens with one attached hydrogen (secondary N) is 2. The van der Waals surface area contributed by atoms with Gasteiger partial charge in [0, 0.05) is 45.2 Å². The summed E-state index contributed by atoms with van der Waals surface area (Å²) in [6, 6.07) is 19.7. The van der Waals surface area contributed by atoms with Gasteiger partial charge >= 0.3 is 0 Å². The highest BCUT2D eigenvalue weighted by Crippen LogP contribution is 2.47. The van der Waals surface area contributed by atoms with E-state index in [0.717, 1.165) is 51.9 Å². The van der Waals surface area contributed by atoms with E-state index < -0.39 is 0 Å². The van der Waals surface area contributed by atoms with Gasteiger partial charge in [-0.25, -0.2) is 0 Å². The maximum atomic E-state index is 5.45. The molecule has 2 N–H and O–H groups in total. The predicted octanol–water partition coefficient (Wildman–Crippen LogP) is 3.53. The minimum atomic E-state index is 0. The standard InChI is InChI=1S/C24H32N4O.HI/c1-25-23(27-19-24(10-11-24)22-8-3-2-4-9-22)26-17-20-6-5-7-21(16-20)18-28-12-14-29-15-13-28;/h2-9,16H,10-15,17-19H2,1H3,(H2,25,26,27);1H. The van der Waals surface area contributed by atoms with Gasteiger partial charge in [-0.2, -0.15) is 0 Å². The first-order valence-electron chi connectivity index (χ1n) is 10.7. The van der Waals surface area contributed by atoms with Gasteiger partial charge in [0.05, 0.1) is 13.2 Å². The molecule has 5 nitrogen and oxygen atoms in total. The Morgan fingerprint density at radius 2 is 1.73 bits per heavy atom. The van der Waals surface area contributed by atoms with Gasteiger partial charge in [0.15, 0.2) is 5.96 Å². The Bertz CT molecular complexity index is 817. The van der Waals surface area contributed by atoms with Crippen LogP contribution >= 0.6 is 24.0 Å². The van der Waals surface area contributed by atoms with Gasteiger partial charge in [-0.15, -0.1) is 24.0 Å².